The minimum Gasteiger partial charge on any atom is -0.399 e. The Labute approximate surface area is 239 Å². The standard InChI is InChI=1S/C27H24N8.C4H8O2/c28-19-9-7-11-21(17-19)30-25-32-26(31-22-12-8-10-20(29)18-22)34-27(33-25)35(23-13-3-1-4-14-23)24-15-5-2-6-16-24;1-2-6-4-3-5-1/h1-18H,28-29H2,(H2,30,31,32,33,34);1-4H2. The number of nitrogen functional groups attached to an aromatic ring is 2. The van der Waals surface area contributed by atoms with E-state index in [9.17, 15) is 0 Å². The lowest BCUT2D eigenvalue weighted by molar-refractivity contribution is -0.0334. The molecule has 0 saturated carbocycles. The van der Waals surface area contributed by atoms with Crippen molar-refractivity contribution in [2.24, 2.45) is 0 Å². The highest BCUT2D eigenvalue weighted by atomic mass is 16.6. The van der Waals surface area contributed by atoms with Gasteiger partial charge in [-0.25, -0.2) is 0 Å². The summed E-state index contributed by atoms with van der Waals surface area (Å²) in [6.45, 7) is 3.11. The Morgan fingerprint density at radius 3 is 1.37 bits per heavy atom. The van der Waals surface area contributed by atoms with E-state index in [0.717, 1.165) is 49.2 Å². The van der Waals surface area contributed by atoms with Crippen LogP contribution in [0.1, 0.15) is 0 Å². The summed E-state index contributed by atoms with van der Waals surface area (Å²) in [7, 11) is 0. The maximum Gasteiger partial charge on any atom is 0.241 e. The normalized spacial score (nSPS) is 12.5. The second-order valence-electron chi connectivity index (χ2n) is 9.01. The summed E-state index contributed by atoms with van der Waals surface area (Å²) < 4.78 is 9.89. The van der Waals surface area contributed by atoms with E-state index < -0.39 is 0 Å². The molecule has 10 heteroatoms. The molecule has 0 spiro atoms. The Balaban J connectivity index is 0.000000500. The minimum absolute atomic E-state index is 0.365. The average molecular weight is 549 g/mol. The number of anilines is 9. The Hall–Kier alpha value is -5.19. The first-order chi connectivity index (χ1) is 20.1. The van der Waals surface area contributed by atoms with Crippen molar-refractivity contribution in [3.63, 3.8) is 0 Å². The molecule has 1 aliphatic rings. The fraction of sp³-hybridized carbons (Fsp3) is 0.129. The van der Waals surface area contributed by atoms with Gasteiger partial charge in [0.1, 0.15) is 0 Å². The van der Waals surface area contributed by atoms with E-state index >= 15 is 0 Å². The van der Waals surface area contributed by atoms with E-state index in [1.165, 1.54) is 0 Å². The fourth-order valence-corrected chi connectivity index (χ4v) is 4.04. The predicted octanol–water partition coefficient (Wildman–Crippen LogP) is 6.03. The number of aromatic nitrogens is 3. The van der Waals surface area contributed by atoms with Gasteiger partial charge < -0.3 is 31.6 Å². The lowest BCUT2D eigenvalue weighted by Crippen LogP contribution is -2.16. The molecule has 10 nitrogen and oxygen atoms in total. The summed E-state index contributed by atoms with van der Waals surface area (Å²) >= 11 is 0. The van der Waals surface area contributed by atoms with Gasteiger partial charge in [-0.05, 0) is 60.7 Å². The van der Waals surface area contributed by atoms with Crippen LogP contribution in [-0.2, 0) is 9.47 Å². The number of nitrogens with one attached hydrogen (secondary N) is 2. The van der Waals surface area contributed by atoms with Crippen molar-refractivity contribution >= 4 is 52.0 Å². The number of ether oxygens (including phenoxy) is 2. The van der Waals surface area contributed by atoms with Crippen LogP contribution >= 0.6 is 0 Å². The Kier molecular flexibility index (Phi) is 9.18. The van der Waals surface area contributed by atoms with Crippen molar-refractivity contribution in [3.05, 3.63) is 109 Å². The molecule has 208 valence electrons. The molecule has 41 heavy (non-hydrogen) atoms. The molecule has 1 aromatic heterocycles. The van der Waals surface area contributed by atoms with Crippen molar-refractivity contribution in [1.29, 1.82) is 0 Å². The fourth-order valence-electron chi connectivity index (χ4n) is 4.04. The van der Waals surface area contributed by atoms with E-state index in [0.29, 0.717) is 29.2 Å². The predicted molar refractivity (Wildman–Crippen MR) is 164 cm³/mol. The van der Waals surface area contributed by atoms with Gasteiger partial charge >= 0.3 is 0 Å². The largest absolute Gasteiger partial charge is 0.399 e. The number of hydrogen-bond acceptors (Lipinski definition) is 10. The molecule has 1 saturated heterocycles. The summed E-state index contributed by atoms with van der Waals surface area (Å²) in [5.41, 5.74) is 16.6. The molecule has 0 unspecified atom stereocenters. The second-order valence-corrected chi connectivity index (χ2v) is 9.01. The molecule has 6 N–H and O–H groups in total. The third-order valence-corrected chi connectivity index (χ3v) is 5.88. The highest BCUT2D eigenvalue weighted by Crippen LogP contribution is 2.33. The lowest BCUT2D eigenvalue weighted by Gasteiger charge is -2.24. The van der Waals surface area contributed by atoms with E-state index in [1.807, 2.05) is 114 Å². The van der Waals surface area contributed by atoms with Crippen molar-refractivity contribution < 1.29 is 9.47 Å². The third kappa shape index (κ3) is 7.91. The van der Waals surface area contributed by atoms with Crippen molar-refractivity contribution in [2.75, 3.05) is 53.4 Å². The maximum atomic E-state index is 5.96. The molecular weight excluding hydrogens is 516 g/mol. The first kappa shape index (κ1) is 27.4. The molecule has 0 amide bonds. The van der Waals surface area contributed by atoms with Gasteiger partial charge in [0.05, 0.1) is 26.4 Å². The van der Waals surface area contributed by atoms with Gasteiger partial charge in [-0.15, -0.1) is 0 Å². The first-order valence-electron chi connectivity index (χ1n) is 13.2. The van der Waals surface area contributed by atoms with Gasteiger partial charge in [0.15, 0.2) is 0 Å². The van der Waals surface area contributed by atoms with Crippen LogP contribution < -0.4 is 27.0 Å². The van der Waals surface area contributed by atoms with Crippen molar-refractivity contribution in [3.8, 4) is 0 Å². The molecule has 0 bridgehead atoms. The summed E-state index contributed by atoms with van der Waals surface area (Å²) in [6.07, 6.45) is 0. The van der Waals surface area contributed by atoms with Crippen LogP contribution in [-0.4, -0.2) is 41.4 Å². The zero-order valence-corrected chi connectivity index (χ0v) is 22.5. The Bertz CT molecular complexity index is 1420. The van der Waals surface area contributed by atoms with Gasteiger partial charge in [0.2, 0.25) is 17.8 Å². The summed E-state index contributed by atoms with van der Waals surface area (Å²) in [6, 6.07) is 34.7. The van der Waals surface area contributed by atoms with Gasteiger partial charge in [-0.2, -0.15) is 15.0 Å². The van der Waals surface area contributed by atoms with E-state index in [2.05, 4.69) is 15.6 Å². The molecule has 0 atom stereocenters. The topological polar surface area (TPSA) is 136 Å². The Morgan fingerprint density at radius 2 is 0.976 bits per heavy atom. The SMILES string of the molecule is C1COCCO1.Nc1cccc(Nc2nc(Nc3cccc(N)c3)nc(N(c3ccccc3)c3ccccc3)n2)c1. The number of hydrogen-bond donors (Lipinski definition) is 4. The van der Waals surface area contributed by atoms with Crippen LogP contribution in [0.15, 0.2) is 109 Å². The minimum atomic E-state index is 0.365. The first-order valence-corrected chi connectivity index (χ1v) is 13.2. The quantitative estimate of drug-likeness (QED) is 0.179. The smallest absolute Gasteiger partial charge is 0.241 e. The zero-order valence-electron chi connectivity index (χ0n) is 22.5. The van der Waals surface area contributed by atoms with E-state index in [-0.39, 0.29) is 0 Å². The number of rotatable bonds is 7. The molecule has 6 rings (SSSR count). The average Bonchev–Trinajstić information content (AvgIpc) is 3.00. The van der Waals surface area contributed by atoms with Crippen LogP contribution in [0.5, 0.6) is 0 Å². The van der Waals surface area contributed by atoms with Crippen molar-refractivity contribution in [2.45, 2.75) is 0 Å². The molecule has 1 aliphatic heterocycles. The third-order valence-electron chi connectivity index (χ3n) is 5.88. The van der Waals surface area contributed by atoms with Crippen LogP contribution in [0, 0.1) is 0 Å². The van der Waals surface area contributed by atoms with Gasteiger partial charge in [0, 0.05) is 34.1 Å². The van der Waals surface area contributed by atoms with Crippen molar-refractivity contribution in [1.82, 2.24) is 15.0 Å². The van der Waals surface area contributed by atoms with E-state index in [1.54, 1.807) is 0 Å². The summed E-state index contributed by atoms with van der Waals surface area (Å²) in [5.74, 6) is 1.17. The molecule has 1 fully saturated rings. The Morgan fingerprint density at radius 1 is 0.537 bits per heavy atom. The van der Waals surface area contributed by atoms with Gasteiger partial charge in [0.25, 0.3) is 0 Å². The summed E-state index contributed by atoms with van der Waals surface area (Å²) in [5, 5.41) is 6.49. The van der Waals surface area contributed by atoms with Gasteiger partial charge in [-0.3, -0.25) is 4.90 Å². The number of benzene rings is 4. The summed E-state index contributed by atoms with van der Waals surface area (Å²) in [4.78, 5) is 16.1. The maximum absolute atomic E-state index is 5.96. The lowest BCUT2D eigenvalue weighted by atomic mass is 10.2. The second kappa shape index (κ2) is 13.7. The molecule has 5 aromatic rings. The number of para-hydroxylation sites is 2. The molecule has 0 radical (unpaired) electrons. The molecular formula is C31H32N8O2. The van der Waals surface area contributed by atoms with E-state index in [4.69, 9.17) is 30.9 Å². The highest BCUT2D eigenvalue weighted by molar-refractivity contribution is 5.74. The zero-order chi connectivity index (χ0) is 28.3. The molecule has 4 aromatic carbocycles. The number of nitrogens with two attached hydrogens (primary N) is 2. The number of nitrogens with zero attached hydrogens (tertiary/aromatic N) is 4. The van der Waals surface area contributed by atoms with Crippen LogP contribution in [0.3, 0.4) is 0 Å². The van der Waals surface area contributed by atoms with Crippen LogP contribution in [0.2, 0.25) is 0 Å². The van der Waals surface area contributed by atoms with Crippen LogP contribution in [0.25, 0.3) is 0 Å². The molecule has 0 aliphatic carbocycles. The van der Waals surface area contributed by atoms with Crippen LogP contribution in [0.4, 0.5) is 52.0 Å². The monoisotopic (exact) mass is 548 g/mol. The highest BCUT2D eigenvalue weighted by Gasteiger charge is 2.18. The molecule has 2 heterocycles. The van der Waals surface area contributed by atoms with Gasteiger partial charge in [-0.1, -0.05) is 48.5 Å².